The zero-order valence-corrected chi connectivity index (χ0v) is 14.3. The molecule has 0 aliphatic heterocycles. The molecule has 1 aromatic heterocycles. The Balaban J connectivity index is 2.12. The number of aryl methyl sites for hydroxylation is 1. The lowest BCUT2D eigenvalue weighted by atomic mass is 10.0. The fraction of sp³-hybridized carbons (Fsp3) is 0.375. The quantitative estimate of drug-likeness (QED) is 0.818. The van der Waals surface area contributed by atoms with E-state index in [-0.39, 0.29) is 6.04 Å². The molecule has 1 heterocycles. The van der Waals surface area contributed by atoms with Crippen LogP contribution in [0.25, 0.3) is 0 Å². The molecule has 2 aromatic rings. The van der Waals surface area contributed by atoms with Gasteiger partial charge in [-0.1, -0.05) is 24.6 Å². The molecule has 0 fully saturated rings. The molecule has 0 saturated heterocycles. The maximum atomic E-state index is 6.08. The third kappa shape index (κ3) is 4.08. The second kappa shape index (κ2) is 7.25. The van der Waals surface area contributed by atoms with Crippen molar-refractivity contribution in [3.63, 3.8) is 0 Å². The van der Waals surface area contributed by atoms with Gasteiger partial charge in [-0.25, -0.2) is 0 Å². The van der Waals surface area contributed by atoms with E-state index >= 15 is 0 Å². The van der Waals surface area contributed by atoms with Crippen molar-refractivity contribution in [3.8, 4) is 5.75 Å². The summed E-state index contributed by atoms with van der Waals surface area (Å²) in [4.78, 5) is 1.20. The van der Waals surface area contributed by atoms with Crippen LogP contribution in [0, 0.1) is 6.92 Å². The van der Waals surface area contributed by atoms with Gasteiger partial charge >= 0.3 is 0 Å². The van der Waals surface area contributed by atoms with E-state index in [0.29, 0.717) is 6.61 Å². The number of hydrogen-bond donors (Lipinski definition) is 1. The summed E-state index contributed by atoms with van der Waals surface area (Å²) in [6.45, 7) is 4.81. The van der Waals surface area contributed by atoms with Crippen molar-refractivity contribution in [3.05, 3.63) is 50.1 Å². The smallest absolute Gasteiger partial charge is 0.124 e. The number of benzene rings is 1. The molecule has 0 spiro atoms. The van der Waals surface area contributed by atoms with E-state index in [9.17, 15) is 0 Å². The summed E-state index contributed by atoms with van der Waals surface area (Å²) in [6.07, 6.45) is 1.84. The van der Waals surface area contributed by atoms with Gasteiger partial charge in [-0.3, -0.25) is 0 Å². The molecule has 1 unspecified atom stereocenters. The first-order valence-electron chi connectivity index (χ1n) is 6.80. The van der Waals surface area contributed by atoms with Crippen LogP contribution in [0.15, 0.2) is 34.1 Å². The number of nitrogens with two attached hydrogens (primary N) is 1. The lowest BCUT2D eigenvalue weighted by molar-refractivity contribution is 0.305. The van der Waals surface area contributed by atoms with E-state index in [0.717, 1.165) is 23.1 Å². The van der Waals surface area contributed by atoms with Crippen LogP contribution in [0.2, 0.25) is 0 Å². The molecule has 0 aliphatic carbocycles. The largest absolute Gasteiger partial charge is 0.488 e. The van der Waals surface area contributed by atoms with Crippen molar-refractivity contribution in [2.24, 2.45) is 5.73 Å². The molecule has 0 saturated carbocycles. The monoisotopic (exact) mass is 353 g/mol. The molecule has 2 nitrogen and oxygen atoms in total. The van der Waals surface area contributed by atoms with Crippen molar-refractivity contribution in [2.75, 3.05) is 0 Å². The van der Waals surface area contributed by atoms with Crippen LogP contribution in [-0.4, -0.2) is 6.04 Å². The summed E-state index contributed by atoms with van der Waals surface area (Å²) in [5, 5.41) is 2.06. The van der Waals surface area contributed by atoms with Crippen molar-refractivity contribution in [2.45, 2.75) is 39.3 Å². The summed E-state index contributed by atoms with van der Waals surface area (Å²) >= 11 is 5.23. The Hall–Kier alpha value is -0.840. The highest BCUT2D eigenvalue weighted by Gasteiger charge is 2.10. The highest BCUT2D eigenvalue weighted by Crippen LogP contribution is 2.27. The summed E-state index contributed by atoms with van der Waals surface area (Å²) in [6, 6.07) is 8.54. The highest BCUT2D eigenvalue weighted by atomic mass is 79.9. The molecule has 108 valence electrons. The Morgan fingerprint density at radius 3 is 2.80 bits per heavy atom. The van der Waals surface area contributed by atoms with Gasteiger partial charge < -0.3 is 10.5 Å². The minimum atomic E-state index is 0.188. The van der Waals surface area contributed by atoms with E-state index < -0.39 is 0 Å². The molecule has 20 heavy (non-hydrogen) atoms. The molecule has 1 aromatic carbocycles. The fourth-order valence-corrected chi connectivity index (χ4v) is 3.38. The lowest BCUT2D eigenvalue weighted by Crippen LogP contribution is -2.21. The molecule has 0 amide bonds. The van der Waals surface area contributed by atoms with Crippen LogP contribution in [0.5, 0.6) is 5.75 Å². The van der Waals surface area contributed by atoms with Crippen molar-refractivity contribution in [1.29, 1.82) is 0 Å². The number of ether oxygens (including phenoxy) is 1. The molecule has 2 N–H and O–H groups in total. The zero-order chi connectivity index (χ0) is 14.5. The Morgan fingerprint density at radius 2 is 2.15 bits per heavy atom. The average molecular weight is 354 g/mol. The molecule has 4 heteroatoms. The van der Waals surface area contributed by atoms with Gasteiger partial charge in [0.2, 0.25) is 0 Å². The Labute approximate surface area is 133 Å². The van der Waals surface area contributed by atoms with E-state index in [1.54, 1.807) is 11.3 Å². The average Bonchev–Trinajstić information content (AvgIpc) is 2.83. The molecular formula is C16H20BrNOS. The first kappa shape index (κ1) is 15.5. The molecule has 0 bridgehead atoms. The van der Waals surface area contributed by atoms with E-state index in [1.807, 2.05) is 6.07 Å². The summed E-state index contributed by atoms with van der Waals surface area (Å²) in [7, 11) is 0. The SMILES string of the molecule is CCC(N)Cc1cc(C)ccc1OCc1sccc1Br. The maximum absolute atomic E-state index is 6.08. The van der Waals surface area contributed by atoms with Gasteiger partial charge in [0.05, 0.1) is 4.88 Å². The van der Waals surface area contributed by atoms with Crippen molar-refractivity contribution < 1.29 is 4.74 Å². The van der Waals surface area contributed by atoms with Crippen LogP contribution in [-0.2, 0) is 13.0 Å². The summed E-state index contributed by atoms with van der Waals surface area (Å²) < 4.78 is 7.10. The first-order valence-corrected chi connectivity index (χ1v) is 8.47. The van der Waals surface area contributed by atoms with Crippen LogP contribution in [0.1, 0.15) is 29.3 Å². The van der Waals surface area contributed by atoms with Crippen LogP contribution in [0.3, 0.4) is 0 Å². The Bertz CT molecular complexity index is 567. The number of rotatable bonds is 6. The highest BCUT2D eigenvalue weighted by molar-refractivity contribution is 9.10. The first-order chi connectivity index (χ1) is 9.60. The van der Waals surface area contributed by atoms with Gasteiger partial charge in [0.25, 0.3) is 0 Å². The maximum Gasteiger partial charge on any atom is 0.124 e. The normalized spacial score (nSPS) is 12.4. The fourth-order valence-electron chi connectivity index (χ4n) is 2.01. The summed E-state index contributed by atoms with van der Waals surface area (Å²) in [5.74, 6) is 0.944. The van der Waals surface area contributed by atoms with Crippen LogP contribution < -0.4 is 10.5 Å². The predicted molar refractivity (Wildman–Crippen MR) is 89.5 cm³/mol. The third-order valence-corrected chi connectivity index (χ3v) is 5.17. The van der Waals surface area contributed by atoms with Gasteiger partial charge in [0.1, 0.15) is 12.4 Å². The molecule has 2 rings (SSSR count). The molecule has 1 atom stereocenters. The van der Waals surface area contributed by atoms with E-state index in [2.05, 4.69) is 53.4 Å². The topological polar surface area (TPSA) is 35.2 Å². The number of hydrogen-bond acceptors (Lipinski definition) is 3. The van der Waals surface area contributed by atoms with E-state index in [4.69, 9.17) is 10.5 Å². The number of thiophene rings is 1. The Morgan fingerprint density at radius 1 is 1.35 bits per heavy atom. The van der Waals surface area contributed by atoms with E-state index in [1.165, 1.54) is 16.0 Å². The van der Waals surface area contributed by atoms with Crippen molar-refractivity contribution in [1.82, 2.24) is 0 Å². The van der Waals surface area contributed by atoms with Crippen LogP contribution >= 0.6 is 27.3 Å². The number of halogens is 1. The second-order valence-electron chi connectivity index (χ2n) is 4.96. The van der Waals surface area contributed by atoms with Gasteiger partial charge in [-0.05, 0) is 58.8 Å². The lowest BCUT2D eigenvalue weighted by Gasteiger charge is -2.15. The minimum absolute atomic E-state index is 0.188. The molecule has 0 aliphatic rings. The summed E-state index contributed by atoms with van der Waals surface area (Å²) in [5.41, 5.74) is 8.52. The zero-order valence-electron chi connectivity index (χ0n) is 11.9. The van der Waals surface area contributed by atoms with Gasteiger partial charge in [0, 0.05) is 10.5 Å². The van der Waals surface area contributed by atoms with Crippen molar-refractivity contribution >= 4 is 27.3 Å². The molecule has 0 radical (unpaired) electrons. The standard InChI is InChI=1S/C16H20BrNOS/c1-3-13(18)9-12-8-11(2)4-5-15(12)19-10-16-14(17)6-7-20-16/h4-8,13H,3,9-10,18H2,1-2H3. The van der Waals surface area contributed by atoms with Crippen LogP contribution in [0.4, 0.5) is 0 Å². The second-order valence-corrected chi connectivity index (χ2v) is 6.82. The third-order valence-electron chi connectivity index (χ3n) is 3.27. The minimum Gasteiger partial charge on any atom is -0.488 e. The Kier molecular flexibility index (Phi) is 5.64. The van der Waals surface area contributed by atoms with Gasteiger partial charge in [0.15, 0.2) is 0 Å². The van der Waals surface area contributed by atoms with Gasteiger partial charge in [-0.2, -0.15) is 0 Å². The van der Waals surface area contributed by atoms with Gasteiger partial charge in [-0.15, -0.1) is 11.3 Å². The predicted octanol–water partition coefficient (Wildman–Crippen LogP) is 4.68. The molecular weight excluding hydrogens is 334 g/mol.